The van der Waals surface area contributed by atoms with Gasteiger partial charge < -0.3 is 14.4 Å². The van der Waals surface area contributed by atoms with Crippen molar-refractivity contribution < 1.29 is 37.6 Å². The van der Waals surface area contributed by atoms with Gasteiger partial charge >= 0.3 is 19.8 Å². The zero-order valence-corrected chi connectivity index (χ0v) is 33.1. The van der Waals surface area contributed by atoms with Gasteiger partial charge in [0, 0.05) is 20.0 Å². The highest BCUT2D eigenvalue weighted by atomic mass is 31.2. The maximum absolute atomic E-state index is 12.5. The van der Waals surface area contributed by atoms with Crippen molar-refractivity contribution in [1.82, 2.24) is 0 Å². The van der Waals surface area contributed by atoms with Crippen molar-refractivity contribution in [3.05, 3.63) is 72.9 Å². The van der Waals surface area contributed by atoms with Crippen molar-refractivity contribution in [2.24, 2.45) is 0 Å². The first-order chi connectivity index (χ1) is 24.8. The third-order valence-electron chi connectivity index (χ3n) is 7.95. The van der Waals surface area contributed by atoms with Crippen LogP contribution in [0.4, 0.5) is 0 Å². The van der Waals surface area contributed by atoms with Gasteiger partial charge in [0.2, 0.25) is 0 Å². The van der Waals surface area contributed by atoms with Crippen LogP contribution in [-0.2, 0) is 32.7 Å². The molecule has 0 aromatic heterocycles. The molecule has 0 radical (unpaired) electrons. The van der Waals surface area contributed by atoms with E-state index < -0.39 is 32.5 Å². The molecule has 0 aliphatic heterocycles. The number of hydrogen-bond acceptors (Lipinski definition) is 7. The van der Waals surface area contributed by atoms with E-state index in [9.17, 15) is 19.0 Å². The SMILES string of the molecule is CC/C=C\C/C=C\C/C=C\CCCCCCCCCC(=O)OC(COC(=O)CCCCCCC/C=C\C/C=C\C/C=C\CC)COP(=O)(O)OC. The Labute approximate surface area is 311 Å². The average Bonchev–Trinajstić information content (AvgIpc) is 3.12. The van der Waals surface area contributed by atoms with Crippen LogP contribution >= 0.6 is 7.82 Å². The summed E-state index contributed by atoms with van der Waals surface area (Å²) in [7, 11) is -3.22. The zero-order valence-electron chi connectivity index (χ0n) is 32.2. The van der Waals surface area contributed by atoms with E-state index in [1.165, 1.54) is 19.3 Å². The van der Waals surface area contributed by atoms with E-state index in [1.54, 1.807) is 0 Å². The lowest BCUT2D eigenvalue weighted by atomic mass is 10.1. The number of unbranched alkanes of at least 4 members (excludes halogenated alkanes) is 12. The molecule has 0 aromatic rings. The number of carbonyl (C=O) groups is 2. The van der Waals surface area contributed by atoms with Gasteiger partial charge in [0.15, 0.2) is 6.10 Å². The number of esters is 2. The molecule has 0 saturated carbocycles. The van der Waals surface area contributed by atoms with Crippen LogP contribution in [0.2, 0.25) is 0 Å². The highest BCUT2D eigenvalue weighted by Crippen LogP contribution is 2.42. The topological polar surface area (TPSA) is 108 Å². The predicted octanol–water partition coefficient (Wildman–Crippen LogP) is 12.2. The molecule has 2 atom stereocenters. The Hall–Kier alpha value is -2.51. The van der Waals surface area contributed by atoms with E-state index in [-0.39, 0.29) is 19.4 Å². The Morgan fingerprint density at radius 2 is 0.941 bits per heavy atom. The zero-order chi connectivity index (χ0) is 37.5. The molecule has 0 saturated heterocycles. The van der Waals surface area contributed by atoms with Gasteiger partial charge in [-0.15, -0.1) is 0 Å². The third kappa shape index (κ3) is 37.1. The van der Waals surface area contributed by atoms with E-state index in [4.69, 9.17) is 14.0 Å². The van der Waals surface area contributed by atoms with Crippen LogP contribution < -0.4 is 0 Å². The van der Waals surface area contributed by atoms with Crippen LogP contribution in [0.25, 0.3) is 0 Å². The normalized spacial score (nSPS) is 14.2. The predicted molar refractivity (Wildman–Crippen MR) is 211 cm³/mol. The Bertz CT molecular complexity index is 1060. The molecule has 0 aromatic carbocycles. The molecule has 0 amide bonds. The standard InChI is InChI=1S/C42H71O8P/c1-4-6-8-10-12-14-16-18-20-21-23-25-27-29-31-33-35-37-42(44)50-40(39-49-51(45,46)47-3)38-48-41(43)36-34-32-30-28-26-24-22-19-17-15-13-11-9-7-5-2/h6-9,12-15,18-20,22,40H,4-5,10-11,16-17,21,23-39H2,1-3H3,(H,45,46)/b8-6-,9-7-,14-12-,15-13-,20-18-,22-19-. The summed E-state index contributed by atoms with van der Waals surface area (Å²) in [5.74, 6) is -0.842. The third-order valence-corrected chi connectivity index (χ3v) is 8.88. The Kier molecular flexibility index (Phi) is 35.4. The fourth-order valence-electron chi connectivity index (χ4n) is 4.98. The molecule has 1 N–H and O–H groups in total. The first-order valence-corrected chi connectivity index (χ1v) is 21.1. The van der Waals surface area contributed by atoms with Gasteiger partial charge in [0.05, 0.1) is 6.61 Å². The highest BCUT2D eigenvalue weighted by molar-refractivity contribution is 7.47. The second-order valence-corrected chi connectivity index (χ2v) is 14.2. The summed E-state index contributed by atoms with van der Waals surface area (Å²) < 4.78 is 31.9. The van der Waals surface area contributed by atoms with Crippen molar-refractivity contribution in [2.45, 2.75) is 161 Å². The fraction of sp³-hybridized carbons (Fsp3) is 0.667. The van der Waals surface area contributed by atoms with Crippen LogP contribution in [0.5, 0.6) is 0 Å². The number of hydrogen-bond donors (Lipinski definition) is 1. The van der Waals surface area contributed by atoms with Gasteiger partial charge in [0.1, 0.15) is 6.61 Å². The highest BCUT2D eigenvalue weighted by Gasteiger charge is 2.24. The van der Waals surface area contributed by atoms with E-state index in [0.29, 0.717) is 6.42 Å². The van der Waals surface area contributed by atoms with Crippen molar-refractivity contribution >= 4 is 19.8 Å². The monoisotopic (exact) mass is 734 g/mol. The molecule has 292 valence electrons. The molecule has 0 heterocycles. The fourth-order valence-corrected chi connectivity index (χ4v) is 5.44. The van der Waals surface area contributed by atoms with Gasteiger partial charge in [-0.2, -0.15) is 0 Å². The minimum absolute atomic E-state index is 0.226. The Balaban J connectivity index is 4.10. The van der Waals surface area contributed by atoms with Gasteiger partial charge in [-0.25, -0.2) is 4.57 Å². The number of ether oxygens (including phenoxy) is 2. The summed E-state index contributed by atoms with van der Waals surface area (Å²) in [6, 6.07) is 0. The van der Waals surface area contributed by atoms with E-state index in [0.717, 1.165) is 110 Å². The average molecular weight is 735 g/mol. The van der Waals surface area contributed by atoms with Gasteiger partial charge in [0.25, 0.3) is 0 Å². The van der Waals surface area contributed by atoms with Crippen LogP contribution in [0.1, 0.15) is 155 Å². The van der Waals surface area contributed by atoms with Crippen LogP contribution in [0.3, 0.4) is 0 Å². The Morgan fingerprint density at radius 1 is 0.549 bits per heavy atom. The number of rotatable bonds is 35. The first-order valence-electron chi connectivity index (χ1n) is 19.6. The molecule has 0 bridgehead atoms. The summed E-state index contributed by atoms with van der Waals surface area (Å²) in [6.45, 7) is 3.63. The smallest absolute Gasteiger partial charge is 0.462 e. The minimum atomic E-state index is -4.27. The van der Waals surface area contributed by atoms with Crippen LogP contribution in [-0.4, -0.2) is 43.3 Å². The minimum Gasteiger partial charge on any atom is -0.462 e. The molecular formula is C42H71O8P. The van der Waals surface area contributed by atoms with E-state index in [1.807, 2.05) is 0 Å². The summed E-state index contributed by atoms with van der Waals surface area (Å²) in [5, 5.41) is 0. The number of phosphoric ester groups is 1. The lowest BCUT2D eigenvalue weighted by Gasteiger charge is -2.19. The lowest BCUT2D eigenvalue weighted by molar-refractivity contribution is -0.161. The molecule has 0 spiro atoms. The summed E-state index contributed by atoms with van der Waals surface area (Å²) in [4.78, 5) is 34.4. The molecule has 51 heavy (non-hydrogen) atoms. The molecule has 0 rings (SSSR count). The number of phosphoric acid groups is 1. The number of allylic oxidation sites excluding steroid dienone is 12. The maximum atomic E-state index is 12.5. The molecule has 0 fully saturated rings. The quantitative estimate of drug-likeness (QED) is 0.0297. The summed E-state index contributed by atoms with van der Waals surface area (Å²) >= 11 is 0. The van der Waals surface area contributed by atoms with Crippen molar-refractivity contribution in [3.8, 4) is 0 Å². The lowest BCUT2D eigenvalue weighted by Crippen LogP contribution is -2.29. The van der Waals surface area contributed by atoms with Crippen molar-refractivity contribution in [1.29, 1.82) is 0 Å². The molecule has 0 aliphatic rings. The Morgan fingerprint density at radius 3 is 1.39 bits per heavy atom. The summed E-state index contributed by atoms with van der Waals surface area (Å²) in [5.41, 5.74) is 0. The largest absolute Gasteiger partial charge is 0.472 e. The van der Waals surface area contributed by atoms with Crippen molar-refractivity contribution in [3.63, 3.8) is 0 Å². The molecule has 2 unspecified atom stereocenters. The summed E-state index contributed by atoms with van der Waals surface area (Å²) in [6.07, 6.45) is 46.6. The van der Waals surface area contributed by atoms with E-state index in [2.05, 4.69) is 91.3 Å². The van der Waals surface area contributed by atoms with Crippen LogP contribution in [0.15, 0.2) is 72.9 Å². The second kappa shape index (κ2) is 37.3. The molecule has 0 aliphatic carbocycles. The van der Waals surface area contributed by atoms with E-state index >= 15 is 0 Å². The van der Waals surface area contributed by atoms with Gasteiger partial charge in [-0.3, -0.25) is 18.6 Å². The van der Waals surface area contributed by atoms with Crippen molar-refractivity contribution in [2.75, 3.05) is 20.3 Å². The van der Waals surface area contributed by atoms with Gasteiger partial charge in [-0.1, -0.05) is 138 Å². The molecular weight excluding hydrogens is 663 g/mol. The maximum Gasteiger partial charge on any atom is 0.472 e. The first kappa shape index (κ1) is 48.5. The second-order valence-electron chi connectivity index (χ2n) is 12.6. The van der Waals surface area contributed by atoms with Crippen LogP contribution in [0, 0.1) is 0 Å². The number of carbonyl (C=O) groups excluding carboxylic acids is 2. The van der Waals surface area contributed by atoms with Gasteiger partial charge in [-0.05, 0) is 77.0 Å². The molecule has 8 nitrogen and oxygen atoms in total. The molecule has 9 heteroatoms.